The molecule has 0 amide bonds. The molecule has 0 spiro atoms. The standard InChI is InChI=1S/C23H27NO2/c1-16-5-4-11-24(16)12-10-22-15-21-14-20(8-9-23(21)26-22)19-7-3-6-18(13-19)17(2)25/h3,6-9,13-17,25H,4-5,10-12H2,1-2H3/t16-,17?/m1/s1. The molecule has 3 aromatic rings. The van der Waals surface area contributed by atoms with E-state index in [0.717, 1.165) is 46.4 Å². The number of furan rings is 1. The number of nitrogens with zero attached hydrogens (tertiary/aromatic N) is 1. The first-order valence-corrected chi connectivity index (χ1v) is 9.65. The van der Waals surface area contributed by atoms with Crippen molar-refractivity contribution in [2.75, 3.05) is 13.1 Å². The zero-order valence-electron chi connectivity index (χ0n) is 15.6. The van der Waals surface area contributed by atoms with Crippen LogP contribution < -0.4 is 0 Å². The van der Waals surface area contributed by atoms with Gasteiger partial charge in [-0.2, -0.15) is 0 Å². The van der Waals surface area contributed by atoms with Crippen molar-refractivity contribution in [3.63, 3.8) is 0 Å². The van der Waals surface area contributed by atoms with E-state index in [9.17, 15) is 5.11 Å². The van der Waals surface area contributed by atoms with Gasteiger partial charge >= 0.3 is 0 Å². The molecule has 0 bridgehead atoms. The van der Waals surface area contributed by atoms with Crippen LogP contribution in [0.15, 0.2) is 52.9 Å². The van der Waals surface area contributed by atoms with Gasteiger partial charge in [0.05, 0.1) is 6.10 Å². The van der Waals surface area contributed by atoms with Crippen LogP contribution in [-0.2, 0) is 6.42 Å². The Morgan fingerprint density at radius 2 is 2.00 bits per heavy atom. The van der Waals surface area contributed by atoms with Crippen LogP contribution >= 0.6 is 0 Å². The number of aliphatic hydroxyl groups excluding tert-OH is 1. The SMILES string of the molecule is CC(O)c1cccc(-c2ccc3oc(CCN4CCC[C@H]4C)cc3c2)c1. The fourth-order valence-corrected chi connectivity index (χ4v) is 3.96. The first kappa shape index (κ1) is 17.3. The molecule has 1 aromatic heterocycles. The number of fused-ring (bicyclic) bond motifs is 1. The normalized spacial score (nSPS) is 19.3. The number of rotatable bonds is 5. The molecule has 26 heavy (non-hydrogen) atoms. The molecule has 1 N–H and O–H groups in total. The smallest absolute Gasteiger partial charge is 0.134 e. The molecule has 4 rings (SSSR count). The Bertz CT molecular complexity index is 896. The van der Waals surface area contributed by atoms with Crippen LogP contribution in [0.5, 0.6) is 0 Å². The molecule has 3 nitrogen and oxygen atoms in total. The summed E-state index contributed by atoms with van der Waals surface area (Å²) in [5.74, 6) is 1.06. The third kappa shape index (κ3) is 3.55. The van der Waals surface area contributed by atoms with E-state index >= 15 is 0 Å². The minimum atomic E-state index is -0.452. The molecule has 1 saturated heterocycles. The predicted octanol–water partition coefficient (Wildman–Crippen LogP) is 5.18. The Hall–Kier alpha value is -2.10. The Kier molecular flexibility index (Phi) is 4.84. The summed E-state index contributed by atoms with van der Waals surface area (Å²) in [6.45, 7) is 6.40. The van der Waals surface area contributed by atoms with Crippen molar-refractivity contribution in [3.05, 3.63) is 59.9 Å². The van der Waals surface area contributed by atoms with Crippen molar-refractivity contribution in [1.29, 1.82) is 0 Å². The molecule has 1 aliphatic rings. The molecule has 2 heterocycles. The molecule has 1 fully saturated rings. The fraction of sp³-hybridized carbons (Fsp3) is 0.391. The molecule has 2 atom stereocenters. The summed E-state index contributed by atoms with van der Waals surface area (Å²) in [7, 11) is 0. The second kappa shape index (κ2) is 7.26. The number of hydrogen-bond acceptors (Lipinski definition) is 3. The van der Waals surface area contributed by atoms with Crippen LogP contribution in [0.1, 0.15) is 44.1 Å². The summed E-state index contributed by atoms with van der Waals surface area (Å²) in [5.41, 5.74) is 4.17. The topological polar surface area (TPSA) is 36.6 Å². The van der Waals surface area contributed by atoms with Gasteiger partial charge in [-0.05, 0) is 74.2 Å². The lowest BCUT2D eigenvalue weighted by molar-refractivity contribution is 0.199. The van der Waals surface area contributed by atoms with Crippen LogP contribution in [0.2, 0.25) is 0 Å². The van der Waals surface area contributed by atoms with Crippen molar-refractivity contribution in [3.8, 4) is 11.1 Å². The van der Waals surface area contributed by atoms with Crippen molar-refractivity contribution < 1.29 is 9.52 Å². The van der Waals surface area contributed by atoms with E-state index in [0.29, 0.717) is 6.04 Å². The number of aliphatic hydroxyl groups is 1. The van der Waals surface area contributed by atoms with Crippen LogP contribution in [0.25, 0.3) is 22.1 Å². The monoisotopic (exact) mass is 349 g/mol. The Morgan fingerprint density at radius 3 is 2.77 bits per heavy atom. The number of hydrogen-bond donors (Lipinski definition) is 1. The van der Waals surface area contributed by atoms with E-state index in [4.69, 9.17) is 4.42 Å². The van der Waals surface area contributed by atoms with Gasteiger partial charge in [-0.15, -0.1) is 0 Å². The largest absolute Gasteiger partial charge is 0.461 e. The number of likely N-dealkylation sites (tertiary alicyclic amines) is 1. The maximum absolute atomic E-state index is 9.82. The van der Waals surface area contributed by atoms with Gasteiger partial charge < -0.3 is 14.4 Å². The van der Waals surface area contributed by atoms with Gasteiger partial charge in [-0.25, -0.2) is 0 Å². The fourth-order valence-electron chi connectivity index (χ4n) is 3.96. The molecule has 1 aliphatic heterocycles. The van der Waals surface area contributed by atoms with Gasteiger partial charge in [-0.1, -0.05) is 24.3 Å². The van der Waals surface area contributed by atoms with Gasteiger partial charge in [0.1, 0.15) is 11.3 Å². The minimum absolute atomic E-state index is 0.452. The summed E-state index contributed by atoms with van der Waals surface area (Å²) >= 11 is 0. The predicted molar refractivity (Wildman–Crippen MR) is 106 cm³/mol. The zero-order valence-corrected chi connectivity index (χ0v) is 15.6. The van der Waals surface area contributed by atoms with Crippen LogP contribution in [0.3, 0.4) is 0 Å². The van der Waals surface area contributed by atoms with E-state index in [1.54, 1.807) is 6.92 Å². The van der Waals surface area contributed by atoms with E-state index in [2.05, 4.69) is 48.2 Å². The van der Waals surface area contributed by atoms with Crippen molar-refractivity contribution in [2.24, 2.45) is 0 Å². The van der Waals surface area contributed by atoms with Gasteiger partial charge in [0, 0.05) is 24.4 Å². The van der Waals surface area contributed by atoms with E-state index in [1.165, 1.54) is 19.4 Å². The summed E-state index contributed by atoms with van der Waals surface area (Å²) in [6.07, 6.45) is 3.14. The zero-order chi connectivity index (χ0) is 18.1. The maximum atomic E-state index is 9.82. The van der Waals surface area contributed by atoms with Gasteiger partial charge in [-0.3, -0.25) is 0 Å². The van der Waals surface area contributed by atoms with E-state index in [-0.39, 0.29) is 0 Å². The van der Waals surface area contributed by atoms with Crippen LogP contribution in [0.4, 0.5) is 0 Å². The summed E-state index contributed by atoms with van der Waals surface area (Å²) in [6, 6.07) is 17.3. The first-order chi connectivity index (χ1) is 12.6. The average Bonchev–Trinajstić information content (AvgIpc) is 3.24. The molecule has 0 radical (unpaired) electrons. The minimum Gasteiger partial charge on any atom is -0.461 e. The Morgan fingerprint density at radius 1 is 1.15 bits per heavy atom. The molecule has 3 heteroatoms. The lowest BCUT2D eigenvalue weighted by Gasteiger charge is -2.19. The van der Waals surface area contributed by atoms with Crippen LogP contribution in [-0.4, -0.2) is 29.1 Å². The highest BCUT2D eigenvalue weighted by molar-refractivity contribution is 5.84. The maximum Gasteiger partial charge on any atom is 0.134 e. The lowest BCUT2D eigenvalue weighted by atomic mass is 10.00. The molecule has 136 valence electrons. The van der Waals surface area contributed by atoms with Crippen molar-refractivity contribution >= 4 is 11.0 Å². The Labute approximate surface area is 155 Å². The van der Waals surface area contributed by atoms with Gasteiger partial charge in [0.15, 0.2) is 0 Å². The average molecular weight is 349 g/mol. The second-order valence-corrected chi connectivity index (χ2v) is 7.54. The summed E-state index contributed by atoms with van der Waals surface area (Å²) < 4.78 is 6.05. The third-order valence-corrected chi connectivity index (χ3v) is 5.61. The van der Waals surface area contributed by atoms with Gasteiger partial charge in [0.25, 0.3) is 0 Å². The molecule has 1 unspecified atom stereocenters. The summed E-state index contributed by atoms with van der Waals surface area (Å²) in [4.78, 5) is 2.56. The van der Waals surface area contributed by atoms with E-state index in [1.807, 2.05) is 12.1 Å². The first-order valence-electron chi connectivity index (χ1n) is 9.65. The summed E-state index contributed by atoms with van der Waals surface area (Å²) in [5, 5.41) is 11.0. The Balaban J connectivity index is 1.55. The van der Waals surface area contributed by atoms with E-state index < -0.39 is 6.10 Å². The molecule has 0 aliphatic carbocycles. The molecule has 2 aromatic carbocycles. The lowest BCUT2D eigenvalue weighted by Crippen LogP contribution is -2.28. The number of benzene rings is 2. The van der Waals surface area contributed by atoms with Gasteiger partial charge in [0.2, 0.25) is 0 Å². The second-order valence-electron chi connectivity index (χ2n) is 7.54. The highest BCUT2D eigenvalue weighted by Gasteiger charge is 2.20. The molecule has 0 saturated carbocycles. The third-order valence-electron chi connectivity index (χ3n) is 5.61. The molecular weight excluding hydrogens is 322 g/mol. The van der Waals surface area contributed by atoms with Crippen molar-refractivity contribution in [1.82, 2.24) is 4.90 Å². The molecular formula is C23H27NO2. The highest BCUT2D eigenvalue weighted by Crippen LogP contribution is 2.29. The van der Waals surface area contributed by atoms with Crippen molar-refractivity contribution in [2.45, 2.75) is 45.3 Å². The quantitative estimate of drug-likeness (QED) is 0.689. The van der Waals surface area contributed by atoms with Crippen LogP contribution in [0, 0.1) is 0 Å². The highest BCUT2D eigenvalue weighted by atomic mass is 16.3.